The molecule has 1 aliphatic heterocycles. The van der Waals surface area contributed by atoms with E-state index in [1.54, 1.807) is 0 Å². The fourth-order valence-corrected chi connectivity index (χ4v) is 2.35. The molecule has 0 aromatic rings. The molecule has 3 unspecified atom stereocenters. The van der Waals surface area contributed by atoms with Gasteiger partial charge in [0.05, 0.1) is 6.10 Å². The van der Waals surface area contributed by atoms with Gasteiger partial charge >= 0.3 is 5.97 Å². The van der Waals surface area contributed by atoms with Crippen LogP contribution in [0.25, 0.3) is 0 Å². The van der Waals surface area contributed by atoms with E-state index in [4.69, 9.17) is 9.84 Å². The number of carboxylic acid groups (broad SMARTS) is 1. The number of carboxylic acids is 1. The number of amides is 2. The van der Waals surface area contributed by atoms with Crippen LogP contribution in [-0.4, -0.2) is 59.1 Å². The first-order chi connectivity index (χ1) is 9.86. The Morgan fingerprint density at radius 2 is 2.05 bits per heavy atom. The van der Waals surface area contributed by atoms with Crippen molar-refractivity contribution in [3.05, 3.63) is 0 Å². The van der Waals surface area contributed by atoms with Crippen LogP contribution in [0.4, 0.5) is 0 Å². The van der Waals surface area contributed by atoms with Gasteiger partial charge in [0.15, 0.2) is 0 Å². The second-order valence-corrected chi connectivity index (χ2v) is 5.26. The van der Waals surface area contributed by atoms with Gasteiger partial charge < -0.3 is 20.1 Å². The Balaban J connectivity index is 2.68. The predicted octanol–water partition coefficient (Wildman–Crippen LogP) is 0.382. The fraction of sp³-hybridized carbons (Fsp3) is 0.786. The third kappa shape index (κ3) is 5.00. The maximum Gasteiger partial charge on any atom is 0.326 e. The Labute approximate surface area is 124 Å². The first-order valence-corrected chi connectivity index (χ1v) is 7.30. The zero-order chi connectivity index (χ0) is 16.0. The average Bonchev–Trinajstić information content (AvgIpc) is 2.90. The van der Waals surface area contributed by atoms with Crippen molar-refractivity contribution in [2.45, 2.75) is 58.3 Å². The normalized spacial score (nSPS) is 22.6. The Morgan fingerprint density at radius 3 is 2.52 bits per heavy atom. The van der Waals surface area contributed by atoms with Crippen LogP contribution >= 0.6 is 0 Å². The summed E-state index contributed by atoms with van der Waals surface area (Å²) in [4.78, 5) is 35.8. The van der Waals surface area contributed by atoms with Gasteiger partial charge in [-0.3, -0.25) is 9.59 Å². The molecule has 0 saturated carbocycles. The third-order valence-electron chi connectivity index (χ3n) is 3.67. The molecule has 2 amide bonds. The second kappa shape index (κ2) is 7.97. The molecular formula is C14H24N2O5. The molecule has 0 aromatic carbocycles. The zero-order valence-corrected chi connectivity index (χ0v) is 12.8. The van der Waals surface area contributed by atoms with E-state index in [-0.39, 0.29) is 31.0 Å². The lowest BCUT2D eigenvalue weighted by atomic mass is 10.1. The molecule has 7 heteroatoms. The van der Waals surface area contributed by atoms with Crippen LogP contribution in [0.5, 0.6) is 0 Å². The maximum absolute atomic E-state index is 12.5. The van der Waals surface area contributed by atoms with E-state index in [2.05, 4.69) is 5.32 Å². The number of rotatable bonds is 7. The summed E-state index contributed by atoms with van der Waals surface area (Å²) in [6.07, 6.45) is 1.75. The van der Waals surface area contributed by atoms with Crippen molar-refractivity contribution in [1.82, 2.24) is 10.2 Å². The lowest BCUT2D eigenvalue weighted by molar-refractivity contribution is -0.155. The molecule has 0 spiro atoms. The maximum atomic E-state index is 12.5. The molecule has 1 aliphatic rings. The summed E-state index contributed by atoms with van der Waals surface area (Å²) in [6.45, 7) is 5.20. The highest BCUT2D eigenvalue weighted by Gasteiger charge is 2.35. The summed E-state index contributed by atoms with van der Waals surface area (Å²) in [7, 11) is 0. The monoisotopic (exact) mass is 300 g/mol. The second-order valence-electron chi connectivity index (χ2n) is 5.26. The van der Waals surface area contributed by atoms with Crippen molar-refractivity contribution >= 4 is 17.8 Å². The van der Waals surface area contributed by atoms with Gasteiger partial charge in [-0.2, -0.15) is 0 Å². The van der Waals surface area contributed by atoms with E-state index in [0.29, 0.717) is 6.42 Å². The fourth-order valence-electron chi connectivity index (χ4n) is 2.35. The number of hydrogen-bond donors (Lipinski definition) is 2. The molecule has 1 saturated heterocycles. The van der Waals surface area contributed by atoms with Crippen molar-refractivity contribution in [2.24, 2.45) is 0 Å². The van der Waals surface area contributed by atoms with Crippen LogP contribution in [0.15, 0.2) is 0 Å². The van der Waals surface area contributed by atoms with Crippen LogP contribution < -0.4 is 5.32 Å². The summed E-state index contributed by atoms with van der Waals surface area (Å²) >= 11 is 0. The van der Waals surface area contributed by atoms with Gasteiger partial charge in [-0.1, -0.05) is 6.92 Å². The summed E-state index contributed by atoms with van der Waals surface area (Å²) in [5.74, 6) is -1.60. The average molecular weight is 300 g/mol. The number of aliphatic carboxylic acids is 1. The summed E-state index contributed by atoms with van der Waals surface area (Å²) in [5.41, 5.74) is 0. The largest absolute Gasteiger partial charge is 0.480 e. The van der Waals surface area contributed by atoms with E-state index >= 15 is 0 Å². The molecule has 0 radical (unpaired) electrons. The Hall–Kier alpha value is -1.63. The van der Waals surface area contributed by atoms with Gasteiger partial charge in [0, 0.05) is 20.0 Å². The highest BCUT2D eigenvalue weighted by molar-refractivity contribution is 5.86. The zero-order valence-electron chi connectivity index (χ0n) is 12.8. The Bertz CT molecular complexity index is 399. The van der Waals surface area contributed by atoms with Crippen LogP contribution in [0.1, 0.15) is 40.0 Å². The first kappa shape index (κ1) is 17.4. The van der Waals surface area contributed by atoms with Gasteiger partial charge in [-0.15, -0.1) is 0 Å². The topological polar surface area (TPSA) is 95.9 Å². The molecule has 21 heavy (non-hydrogen) atoms. The van der Waals surface area contributed by atoms with E-state index in [1.807, 2.05) is 6.92 Å². The Morgan fingerprint density at radius 1 is 1.38 bits per heavy atom. The molecule has 2 N–H and O–H groups in total. The van der Waals surface area contributed by atoms with Gasteiger partial charge in [0.1, 0.15) is 12.1 Å². The van der Waals surface area contributed by atoms with Crippen LogP contribution in [0.3, 0.4) is 0 Å². The highest BCUT2D eigenvalue weighted by Crippen LogP contribution is 2.24. The van der Waals surface area contributed by atoms with Crippen LogP contribution in [0, 0.1) is 0 Å². The minimum atomic E-state index is -1.07. The van der Waals surface area contributed by atoms with Crippen LogP contribution in [-0.2, 0) is 19.1 Å². The number of carbonyl (C=O) groups is 3. The first-order valence-electron chi connectivity index (χ1n) is 7.30. The number of carbonyl (C=O) groups excluding carboxylic acids is 2. The van der Waals surface area contributed by atoms with Crippen molar-refractivity contribution in [3.8, 4) is 0 Å². The SMILES string of the molecule is CCC1CCC(C(=O)N(CCNC(C)=O)C(C)C(=O)O)O1. The summed E-state index contributed by atoms with van der Waals surface area (Å²) in [6, 6.07) is -0.949. The molecule has 120 valence electrons. The minimum absolute atomic E-state index is 0.0660. The van der Waals surface area contributed by atoms with Crippen molar-refractivity contribution in [2.75, 3.05) is 13.1 Å². The number of hydrogen-bond acceptors (Lipinski definition) is 4. The van der Waals surface area contributed by atoms with Crippen molar-refractivity contribution < 1.29 is 24.2 Å². The molecule has 7 nitrogen and oxygen atoms in total. The summed E-state index contributed by atoms with van der Waals surface area (Å²) < 4.78 is 5.64. The lowest BCUT2D eigenvalue weighted by Gasteiger charge is -2.29. The molecule has 1 rings (SSSR count). The number of nitrogens with zero attached hydrogens (tertiary/aromatic N) is 1. The molecule has 1 heterocycles. The van der Waals surface area contributed by atoms with Gasteiger partial charge in [-0.05, 0) is 26.2 Å². The molecular weight excluding hydrogens is 276 g/mol. The van der Waals surface area contributed by atoms with E-state index in [9.17, 15) is 14.4 Å². The smallest absolute Gasteiger partial charge is 0.326 e. The molecule has 0 bridgehead atoms. The van der Waals surface area contributed by atoms with Gasteiger partial charge in [0.2, 0.25) is 5.91 Å². The molecule has 1 fully saturated rings. The molecule has 0 aliphatic carbocycles. The van der Waals surface area contributed by atoms with E-state index < -0.39 is 18.1 Å². The third-order valence-corrected chi connectivity index (χ3v) is 3.67. The summed E-state index contributed by atoms with van der Waals surface area (Å²) in [5, 5.41) is 11.7. The number of nitrogens with one attached hydrogen (secondary N) is 1. The van der Waals surface area contributed by atoms with Gasteiger partial charge in [0.25, 0.3) is 5.91 Å². The molecule has 0 aromatic heterocycles. The lowest BCUT2D eigenvalue weighted by Crippen LogP contribution is -2.50. The standard InChI is InChI=1S/C14H24N2O5/c1-4-11-5-6-12(21-11)13(18)16(9(2)14(19)20)8-7-15-10(3)17/h9,11-12H,4-8H2,1-3H3,(H,15,17)(H,19,20). The van der Waals surface area contributed by atoms with Crippen molar-refractivity contribution in [3.63, 3.8) is 0 Å². The number of ether oxygens (including phenoxy) is 1. The van der Waals surface area contributed by atoms with E-state index in [0.717, 1.165) is 12.8 Å². The molecule has 3 atom stereocenters. The quantitative estimate of drug-likeness (QED) is 0.708. The van der Waals surface area contributed by atoms with Crippen LogP contribution in [0.2, 0.25) is 0 Å². The predicted molar refractivity (Wildman–Crippen MR) is 75.7 cm³/mol. The Kier molecular flexibility index (Phi) is 6.61. The minimum Gasteiger partial charge on any atom is -0.480 e. The highest BCUT2D eigenvalue weighted by atomic mass is 16.5. The van der Waals surface area contributed by atoms with E-state index in [1.165, 1.54) is 18.7 Å². The van der Waals surface area contributed by atoms with Crippen molar-refractivity contribution in [1.29, 1.82) is 0 Å². The van der Waals surface area contributed by atoms with Gasteiger partial charge in [-0.25, -0.2) is 4.79 Å².